The molecule has 19 heteroatoms. The Morgan fingerprint density at radius 1 is 0.516 bits per heavy atom. The van der Waals surface area contributed by atoms with Gasteiger partial charge < -0.3 is 0 Å². The van der Waals surface area contributed by atoms with Crippen molar-refractivity contribution < 1.29 is 79.0 Å². The van der Waals surface area contributed by atoms with E-state index in [4.69, 9.17) is 5.26 Å². The molecular weight excluding hydrogens is 500 g/mol. The average molecular weight is 501 g/mol. The Labute approximate surface area is 156 Å². The van der Waals surface area contributed by atoms with E-state index in [1.54, 1.807) is 0 Å². The quantitative estimate of drug-likeness (QED) is 0.388. The van der Waals surface area contributed by atoms with Crippen molar-refractivity contribution >= 4 is 0 Å². The molecule has 1 nitrogen and oxygen atoms in total. The summed E-state index contributed by atoms with van der Waals surface area (Å²) in [5, 5.41) is 8.23. The Bertz CT molecular complexity index is 753. The fourth-order valence-corrected chi connectivity index (χ4v) is 2.26. The van der Waals surface area contributed by atoms with Gasteiger partial charge in [0, 0.05) is 5.57 Å². The fourth-order valence-electron chi connectivity index (χ4n) is 2.26. The van der Waals surface area contributed by atoms with Crippen molar-refractivity contribution in [3.63, 3.8) is 0 Å². The van der Waals surface area contributed by atoms with Crippen molar-refractivity contribution in [2.24, 2.45) is 5.41 Å². The molecule has 31 heavy (non-hydrogen) atoms. The number of nitriles is 1. The zero-order valence-corrected chi connectivity index (χ0v) is 13.3. The highest BCUT2D eigenvalue weighted by Gasteiger charge is 2.97. The highest BCUT2D eigenvalue weighted by atomic mass is 19.4. The maximum Gasteiger partial charge on any atom is 0.460 e. The largest absolute Gasteiger partial charge is 0.460 e. The predicted octanol–water partition coefficient (Wildman–Crippen LogP) is 6.37. The second-order valence-corrected chi connectivity index (χ2v) is 5.92. The van der Waals surface area contributed by atoms with Gasteiger partial charge in [0.25, 0.3) is 0 Å². The normalized spacial score (nSPS) is 19.1. The van der Waals surface area contributed by atoms with E-state index < -0.39 is 65.0 Å². The predicted molar refractivity (Wildman–Crippen MR) is 57.9 cm³/mol. The Morgan fingerprint density at radius 2 is 0.774 bits per heavy atom. The number of halogens is 18. The second-order valence-electron chi connectivity index (χ2n) is 5.92. The summed E-state index contributed by atoms with van der Waals surface area (Å²) in [5.74, 6) is -48.0. The zero-order chi connectivity index (χ0) is 25.5. The fraction of sp³-hybridized carbons (Fsp3) is 0.750. The molecule has 0 spiro atoms. The van der Waals surface area contributed by atoms with E-state index in [1.165, 1.54) is 0 Å². The van der Waals surface area contributed by atoms with E-state index in [2.05, 4.69) is 0 Å². The average Bonchev–Trinajstić information content (AvgIpc) is 3.28. The third-order valence-electron chi connectivity index (χ3n) is 4.10. The van der Waals surface area contributed by atoms with Crippen molar-refractivity contribution in [3.05, 3.63) is 11.6 Å². The van der Waals surface area contributed by atoms with Gasteiger partial charge in [-0.2, -0.15) is 84.3 Å². The second kappa shape index (κ2) is 6.27. The van der Waals surface area contributed by atoms with E-state index in [-0.39, 0.29) is 6.07 Å². The van der Waals surface area contributed by atoms with Crippen molar-refractivity contribution in [1.29, 1.82) is 5.26 Å². The van der Waals surface area contributed by atoms with E-state index in [0.717, 1.165) is 0 Å². The minimum Gasteiger partial charge on any atom is -0.198 e. The Hall–Kier alpha value is -2.03. The molecule has 0 aromatic carbocycles. The van der Waals surface area contributed by atoms with Crippen LogP contribution in [0.2, 0.25) is 0 Å². The number of hydrogen-bond acceptors (Lipinski definition) is 1. The number of nitrogens with zero attached hydrogens (tertiary/aromatic N) is 1. The number of allylic oxidation sites excluding steroid dienone is 2. The third-order valence-corrected chi connectivity index (χ3v) is 4.10. The van der Waals surface area contributed by atoms with Gasteiger partial charge >= 0.3 is 47.9 Å². The van der Waals surface area contributed by atoms with Gasteiger partial charge in [-0.05, 0) is 6.08 Å². The molecule has 0 unspecified atom stereocenters. The molecule has 0 N–H and O–H groups in total. The first-order valence-corrected chi connectivity index (χ1v) is 6.70. The topological polar surface area (TPSA) is 23.8 Å². The molecule has 1 aliphatic carbocycles. The highest BCUT2D eigenvalue weighted by Crippen LogP contribution is 2.74. The number of hydrogen-bond donors (Lipinski definition) is 0. The number of alkyl halides is 18. The summed E-state index contributed by atoms with van der Waals surface area (Å²) in [4.78, 5) is 0. The molecular formula is C12HF18N. The van der Waals surface area contributed by atoms with Crippen LogP contribution in [0.3, 0.4) is 0 Å². The SMILES string of the molecule is N#CC1=CC1(C(F)(F)C(F)(F)C(F)(F)C(F)(F)F)C(F)(F)C(F)(F)C(F)(F)C(F)(F)F. The molecule has 0 bridgehead atoms. The van der Waals surface area contributed by atoms with Crippen molar-refractivity contribution in [1.82, 2.24) is 0 Å². The minimum atomic E-state index is -8.15. The molecule has 0 atom stereocenters. The monoisotopic (exact) mass is 501 g/mol. The summed E-state index contributed by atoms with van der Waals surface area (Å²) in [6.45, 7) is 0. The van der Waals surface area contributed by atoms with Crippen LogP contribution >= 0.6 is 0 Å². The van der Waals surface area contributed by atoms with E-state index >= 15 is 0 Å². The minimum absolute atomic E-state index is 0.0512. The first kappa shape index (κ1) is 27.0. The van der Waals surface area contributed by atoms with Gasteiger partial charge in [0.15, 0.2) is 5.41 Å². The Balaban J connectivity index is 3.87. The standard InChI is InChI=1S/C12HF18N/c13-5(14,7(17,18)9(21,22)11(25,26)27)4(1-3(4)2-31)6(15,16)8(19,20)10(23,24)12(28,29)30/h1H. The lowest BCUT2D eigenvalue weighted by molar-refractivity contribution is -0.439. The first-order valence-electron chi connectivity index (χ1n) is 6.70. The first-order chi connectivity index (χ1) is 13.2. The van der Waals surface area contributed by atoms with Crippen LogP contribution in [0, 0.1) is 16.7 Å². The van der Waals surface area contributed by atoms with Crippen molar-refractivity contribution in [2.45, 2.75) is 47.9 Å². The van der Waals surface area contributed by atoms with Crippen LogP contribution in [-0.2, 0) is 0 Å². The zero-order valence-electron chi connectivity index (χ0n) is 13.3. The van der Waals surface area contributed by atoms with E-state index in [0.29, 0.717) is 0 Å². The summed E-state index contributed by atoms with van der Waals surface area (Å²) in [5.41, 5.74) is -9.25. The number of rotatable bonds is 6. The van der Waals surface area contributed by atoms with Gasteiger partial charge in [0.2, 0.25) is 0 Å². The van der Waals surface area contributed by atoms with Crippen LogP contribution in [0.25, 0.3) is 0 Å². The smallest absolute Gasteiger partial charge is 0.198 e. The Kier molecular flexibility index (Phi) is 5.46. The maximum absolute atomic E-state index is 13.9. The Morgan fingerprint density at radius 3 is 0.935 bits per heavy atom. The molecule has 1 rings (SSSR count). The van der Waals surface area contributed by atoms with Gasteiger partial charge in [0.05, 0.1) is 6.07 Å². The van der Waals surface area contributed by atoms with Crippen LogP contribution in [0.5, 0.6) is 0 Å². The molecule has 0 heterocycles. The molecule has 0 radical (unpaired) electrons. The van der Waals surface area contributed by atoms with Crippen LogP contribution in [0.4, 0.5) is 79.0 Å². The van der Waals surface area contributed by atoms with Gasteiger partial charge in [-0.3, -0.25) is 0 Å². The lowest BCUT2D eigenvalue weighted by Gasteiger charge is -2.44. The summed E-state index contributed by atoms with van der Waals surface area (Å²) in [6, 6.07) is -0.0512. The summed E-state index contributed by atoms with van der Waals surface area (Å²) in [7, 11) is 0. The molecule has 0 amide bonds. The molecule has 0 aliphatic heterocycles. The van der Waals surface area contributed by atoms with Crippen LogP contribution in [-0.4, -0.2) is 47.9 Å². The highest BCUT2D eigenvalue weighted by molar-refractivity contribution is 5.57. The lowest BCUT2D eigenvalue weighted by Crippen LogP contribution is -2.72. The van der Waals surface area contributed by atoms with Gasteiger partial charge in [-0.25, -0.2) is 0 Å². The maximum atomic E-state index is 13.9. The van der Waals surface area contributed by atoms with Gasteiger partial charge in [0.1, 0.15) is 0 Å². The van der Waals surface area contributed by atoms with Gasteiger partial charge in [-0.1, -0.05) is 0 Å². The van der Waals surface area contributed by atoms with Crippen LogP contribution in [0.1, 0.15) is 0 Å². The van der Waals surface area contributed by atoms with E-state index in [1.807, 2.05) is 0 Å². The van der Waals surface area contributed by atoms with Crippen molar-refractivity contribution in [3.8, 4) is 6.07 Å². The molecule has 0 saturated carbocycles. The molecule has 0 fully saturated rings. The molecule has 180 valence electrons. The summed E-state index contributed by atoms with van der Waals surface area (Å²) >= 11 is 0. The molecule has 0 aromatic rings. The summed E-state index contributed by atoms with van der Waals surface area (Å²) in [6.07, 6.45) is -16.9. The molecule has 1 aliphatic rings. The van der Waals surface area contributed by atoms with Crippen molar-refractivity contribution in [2.75, 3.05) is 0 Å². The summed E-state index contributed by atoms with van der Waals surface area (Å²) < 4.78 is 233. The molecule has 0 saturated heterocycles. The third kappa shape index (κ3) is 2.88. The van der Waals surface area contributed by atoms with Crippen LogP contribution < -0.4 is 0 Å². The molecule has 0 aromatic heterocycles. The van der Waals surface area contributed by atoms with Gasteiger partial charge in [-0.15, -0.1) is 0 Å². The van der Waals surface area contributed by atoms with Crippen LogP contribution in [0.15, 0.2) is 11.6 Å². The van der Waals surface area contributed by atoms with E-state index in [9.17, 15) is 79.0 Å². The lowest BCUT2D eigenvalue weighted by atomic mass is 9.75.